The average Bonchev–Trinajstić information content (AvgIpc) is 3.13. The molecule has 168 valence electrons. The van der Waals surface area contributed by atoms with Crippen molar-refractivity contribution in [1.82, 2.24) is 13.8 Å². The topological polar surface area (TPSA) is 92.8 Å². The fraction of sp³-hybridized carbons (Fsp3) is 0.273. The van der Waals surface area contributed by atoms with Crippen LogP contribution in [0.5, 0.6) is 0 Å². The summed E-state index contributed by atoms with van der Waals surface area (Å²) in [5.41, 5.74) is 1.57. The molecule has 4 rings (SSSR count). The van der Waals surface area contributed by atoms with Crippen LogP contribution in [-0.4, -0.2) is 60.8 Å². The number of benzene rings is 2. The van der Waals surface area contributed by atoms with Crippen molar-refractivity contribution in [2.75, 3.05) is 32.7 Å². The quantitative estimate of drug-likeness (QED) is 0.544. The standard InChI is InChI=1S/C22H22ClN3O5S/c23-18-7-5-17(6-8-18)10-16-32(29,30)25-14-12-24(13-15-25)11-9-21(27)26-19-3-1-2-4-20(19)31-22(26)28/h1-8,10,16H,9,11-15H2. The summed E-state index contributed by atoms with van der Waals surface area (Å²) in [7, 11) is -3.54. The van der Waals surface area contributed by atoms with Gasteiger partial charge in [-0.05, 0) is 35.9 Å². The van der Waals surface area contributed by atoms with E-state index < -0.39 is 15.8 Å². The van der Waals surface area contributed by atoms with E-state index in [4.69, 9.17) is 16.0 Å². The molecule has 8 nitrogen and oxygen atoms in total. The number of fused-ring (bicyclic) bond motifs is 1. The van der Waals surface area contributed by atoms with Crippen molar-refractivity contribution in [1.29, 1.82) is 0 Å². The Morgan fingerprint density at radius 3 is 2.44 bits per heavy atom. The molecule has 2 aromatic carbocycles. The van der Waals surface area contributed by atoms with Gasteiger partial charge in [-0.1, -0.05) is 35.9 Å². The number of piperazine rings is 1. The predicted molar refractivity (Wildman–Crippen MR) is 123 cm³/mol. The summed E-state index contributed by atoms with van der Waals surface area (Å²) in [5, 5.41) is 1.79. The molecule has 1 fully saturated rings. The van der Waals surface area contributed by atoms with Crippen LogP contribution >= 0.6 is 11.6 Å². The molecule has 1 aliphatic heterocycles. The predicted octanol–water partition coefficient (Wildman–Crippen LogP) is 2.90. The summed E-state index contributed by atoms with van der Waals surface area (Å²) < 4.78 is 32.8. The van der Waals surface area contributed by atoms with Crippen LogP contribution in [0, 0.1) is 0 Å². The molecule has 0 N–H and O–H groups in total. The van der Waals surface area contributed by atoms with Crippen molar-refractivity contribution in [2.24, 2.45) is 0 Å². The maximum atomic E-state index is 12.6. The van der Waals surface area contributed by atoms with Gasteiger partial charge in [0.2, 0.25) is 15.9 Å². The van der Waals surface area contributed by atoms with E-state index in [1.54, 1.807) is 54.6 Å². The van der Waals surface area contributed by atoms with E-state index in [1.807, 2.05) is 4.90 Å². The number of carbonyl (C=O) groups is 1. The van der Waals surface area contributed by atoms with Crippen molar-refractivity contribution in [3.8, 4) is 0 Å². The first-order chi connectivity index (χ1) is 15.3. The summed E-state index contributed by atoms with van der Waals surface area (Å²) in [6.07, 6.45) is 1.68. The Balaban J connectivity index is 1.31. The molecule has 0 unspecified atom stereocenters. The number of para-hydroxylation sites is 2. The molecule has 0 aliphatic carbocycles. The highest BCUT2D eigenvalue weighted by Crippen LogP contribution is 2.15. The molecule has 1 aromatic heterocycles. The Kier molecular flexibility index (Phi) is 6.61. The molecule has 0 radical (unpaired) electrons. The Hall–Kier alpha value is -2.72. The van der Waals surface area contributed by atoms with Gasteiger partial charge < -0.3 is 9.32 Å². The number of nitrogens with zero attached hydrogens (tertiary/aromatic N) is 3. The van der Waals surface area contributed by atoms with Gasteiger partial charge in [0.05, 0.1) is 5.52 Å². The highest BCUT2D eigenvalue weighted by Gasteiger charge is 2.25. The van der Waals surface area contributed by atoms with Gasteiger partial charge in [0.15, 0.2) is 5.58 Å². The third-order valence-corrected chi connectivity index (χ3v) is 7.19. The monoisotopic (exact) mass is 475 g/mol. The molecular weight excluding hydrogens is 454 g/mol. The first-order valence-corrected chi connectivity index (χ1v) is 12.0. The summed E-state index contributed by atoms with van der Waals surface area (Å²) in [6, 6.07) is 13.7. The lowest BCUT2D eigenvalue weighted by Gasteiger charge is -2.33. The average molecular weight is 476 g/mol. The first kappa shape index (κ1) is 22.5. The summed E-state index contributed by atoms with van der Waals surface area (Å²) in [6.45, 7) is 2.09. The second kappa shape index (κ2) is 9.41. The molecule has 0 bridgehead atoms. The largest absolute Gasteiger partial charge is 0.426 e. The van der Waals surface area contributed by atoms with E-state index in [0.29, 0.717) is 48.8 Å². The minimum Gasteiger partial charge on any atom is -0.407 e. The zero-order valence-corrected chi connectivity index (χ0v) is 18.8. The molecule has 10 heteroatoms. The van der Waals surface area contributed by atoms with Crippen LogP contribution in [0.15, 0.2) is 63.2 Å². The van der Waals surface area contributed by atoms with E-state index in [0.717, 1.165) is 10.1 Å². The van der Waals surface area contributed by atoms with Crippen LogP contribution in [0.1, 0.15) is 16.8 Å². The number of sulfonamides is 1. The van der Waals surface area contributed by atoms with Crippen molar-refractivity contribution in [3.05, 3.63) is 75.1 Å². The zero-order chi connectivity index (χ0) is 22.7. The summed E-state index contributed by atoms with van der Waals surface area (Å²) >= 11 is 5.85. The number of hydrogen-bond donors (Lipinski definition) is 0. The van der Waals surface area contributed by atoms with Gasteiger partial charge in [0.1, 0.15) is 0 Å². The molecule has 0 amide bonds. The minimum absolute atomic E-state index is 0.132. The second-order valence-electron chi connectivity index (χ2n) is 7.45. The van der Waals surface area contributed by atoms with Crippen LogP contribution in [-0.2, 0) is 10.0 Å². The lowest BCUT2D eigenvalue weighted by Crippen LogP contribution is -2.48. The first-order valence-electron chi connectivity index (χ1n) is 10.1. The number of halogens is 1. The van der Waals surface area contributed by atoms with Gasteiger partial charge >= 0.3 is 5.76 Å². The molecule has 32 heavy (non-hydrogen) atoms. The van der Waals surface area contributed by atoms with Crippen molar-refractivity contribution >= 4 is 44.7 Å². The molecular formula is C22H22ClN3O5S. The van der Waals surface area contributed by atoms with Crippen LogP contribution in [0.2, 0.25) is 5.02 Å². The number of carbonyl (C=O) groups excluding carboxylic acids is 1. The van der Waals surface area contributed by atoms with E-state index >= 15 is 0 Å². The maximum absolute atomic E-state index is 12.6. The van der Waals surface area contributed by atoms with Crippen LogP contribution in [0.4, 0.5) is 0 Å². The minimum atomic E-state index is -3.54. The van der Waals surface area contributed by atoms with E-state index in [9.17, 15) is 18.0 Å². The number of aromatic nitrogens is 1. The number of oxazole rings is 1. The Morgan fingerprint density at radius 1 is 1.03 bits per heavy atom. The van der Waals surface area contributed by atoms with Gasteiger partial charge in [0, 0.05) is 49.6 Å². The Labute approximate surface area is 190 Å². The lowest BCUT2D eigenvalue weighted by molar-refractivity contribution is 0.0869. The third-order valence-electron chi connectivity index (χ3n) is 5.37. The van der Waals surface area contributed by atoms with Crippen molar-refractivity contribution in [2.45, 2.75) is 6.42 Å². The number of rotatable bonds is 6. The molecule has 1 aliphatic rings. The van der Waals surface area contributed by atoms with Crippen LogP contribution < -0.4 is 5.76 Å². The van der Waals surface area contributed by atoms with Gasteiger partial charge in [-0.25, -0.2) is 17.8 Å². The molecule has 2 heterocycles. The zero-order valence-electron chi connectivity index (χ0n) is 17.2. The van der Waals surface area contributed by atoms with Crippen molar-refractivity contribution < 1.29 is 17.6 Å². The third kappa shape index (κ3) is 5.02. The van der Waals surface area contributed by atoms with Crippen LogP contribution in [0.3, 0.4) is 0 Å². The van der Waals surface area contributed by atoms with Crippen molar-refractivity contribution in [3.63, 3.8) is 0 Å². The molecule has 1 saturated heterocycles. The van der Waals surface area contributed by atoms with Gasteiger partial charge in [-0.3, -0.25) is 4.79 Å². The van der Waals surface area contributed by atoms with Gasteiger partial charge in [0.25, 0.3) is 0 Å². The fourth-order valence-electron chi connectivity index (χ4n) is 3.60. The Morgan fingerprint density at radius 2 is 1.72 bits per heavy atom. The van der Waals surface area contributed by atoms with E-state index in [2.05, 4.69) is 0 Å². The summed E-state index contributed by atoms with van der Waals surface area (Å²) in [4.78, 5) is 26.7. The van der Waals surface area contributed by atoms with E-state index in [-0.39, 0.29) is 12.3 Å². The molecule has 0 atom stereocenters. The Bertz CT molecular complexity index is 1300. The van der Waals surface area contributed by atoms with Gasteiger partial charge in [-0.2, -0.15) is 4.31 Å². The molecule has 0 saturated carbocycles. The second-order valence-corrected chi connectivity index (χ2v) is 9.71. The fourth-order valence-corrected chi connectivity index (χ4v) is 4.90. The maximum Gasteiger partial charge on any atom is 0.426 e. The molecule has 0 spiro atoms. The number of hydrogen-bond acceptors (Lipinski definition) is 6. The summed E-state index contributed by atoms with van der Waals surface area (Å²) in [5.74, 6) is -1.04. The van der Waals surface area contributed by atoms with Crippen LogP contribution in [0.25, 0.3) is 17.2 Å². The van der Waals surface area contributed by atoms with Gasteiger partial charge in [-0.15, -0.1) is 0 Å². The highest BCUT2D eigenvalue weighted by molar-refractivity contribution is 7.92. The SMILES string of the molecule is O=C(CCN1CCN(S(=O)(=O)C=Cc2ccc(Cl)cc2)CC1)n1c(=O)oc2ccccc21. The highest BCUT2D eigenvalue weighted by atomic mass is 35.5. The lowest BCUT2D eigenvalue weighted by atomic mass is 10.2. The smallest absolute Gasteiger partial charge is 0.407 e. The van der Waals surface area contributed by atoms with E-state index in [1.165, 1.54) is 9.71 Å². The normalized spacial score (nSPS) is 16.2. The molecule has 3 aromatic rings.